The molecule has 1 rings (SSSR count). The molecule has 16 heavy (non-hydrogen) atoms. The maximum atomic E-state index is 11.5. The van der Waals surface area contributed by atoms with E-state index in [1.165, 1.54) is 0 Å². The Morgan fingerprint density at radius 2 is 2.19 bits per heavy atom. The summed E-state index contributed by atoms with van der Waals surface area (Å²) in [6, 6.07) is 5.57. The van der Waals surface area contributed by atoms with Gasteiger partial charge < -0.3 is 11.1 Å². The Labute approximate surface area is 101 Å². The summed E-state index contributed by atoms with van der Waals surface area (Å²) < 4.78 is 0. The lowest BCUT2D eigenvalue weighted by molar-refractivity contribution is -0.116. The second kappa shape index (κ2) is 6.51. The van der Waals surface area contributed by atoms with E-state index in [4.69, 9.17) is 17.3 Å². The highest BCUT2D eigenvalue weighted by molar-refractivity contribution is 6.33. The zero-order valence-corrected chi connectivity index (χ0v) is 10.2. The summed E-state index contributed by atoms with van der Waals surface area (Å²) in [7, 11) is 0. The smallest absolute Gasteiger partial charge is 0.224 e. The third kappa shape index (κ3) is 4.21. The van der Waals surface area contributed by atoms with Crippen molar-refractivity contribution in [1.29, 1.82) is 0 Å². The van der Waals surface area contributed by atoms with Crippen molar-refractivity contribution < 1.29 is 4.79 Å². The normalized spacial score (nSPS) is 10.2. The van der Waals surface area contributed by atoms with E-state index in [0.29, 0.717) is 23.7 Å². The Morgan fingerprint density at radius 3 is 2.81 bits per heavy atom. The third-order valence-corrected chi connectivity index (χ3v) is 2.57. The van der Waals surface area contributed by atoms with E-state index in [-0.39, 0.29) is 5.91 Å². The average molecular weight is 241 g/mol. The lowest BCUT2D eigenvalue weighted by Gasteiger charge is -2.07. The van der Waals surface area contributed by atoms with Crippen molar-refractivity contribution in [1.82, 2.24) is 0 Å². The van der Waals surface area contributed by atoms with Gasteiger partial charge in [-0.15, -0.1) is 0 Å². The molecule has 1 amide bonds. The first-order valence-corrected chi connectivity index (χ1v) is 5.77. The van der Waals surface area contributed by atoms with Crippen LogP contribution in [0.15, 0.2) is 18.2 Å². The molecule has 0 saturated heterocycles. The van der Waals surface area contributed by atoms with Crippen molar-refractivity contribution in [2.75, 3.05) is 11.9 Å². The Balaban J connectivity index is 2.49. The number of hydrogen-bond donors (Lipinski definition) is 2. The monoisotopic (exact) mass is 240 g/mol. The van der Waals surface area contributed by atoms with Crippen LogP contribution in [0.2, 0.25) is 5.02 Å². The number of benzene rings is 1. The molecule has 0 atom stereocenters. The maximum Gasteiger partial charge on any atom is 0.224 e. The molecular formula is C12H17ClN2O. The van der Waals surface area contributed by atoms with Crippen molar-refractivity contribution in [2.45, 2.75) is 26.2 Å². The van der Waals surface area contributed by atoms with E-state index in [1.807, 2.05) is 25.1 Å². The van der Waals surface area contributed by atoms with Gasteiger partial charge in [-0.25, -0.2) is 0 Å². The fraction of sp³-hybridized carbons (Fsp3) is 0.417. The number of hydrogen-bond acceptors (Lipinski definition) is 2. The Morgan fingerprint density at radius 1 is 1.44 bits per heavy atom. The van der Waals surface area contributed by atoms with Crippen molar-refractivity contribution in [3.05, 3.63) is 28.8 Å². The van der Waals surface area contributed by atoms with Crippen LogP contribution in [0.1, 0.15) is 24.8 Å². The number of aryl methyl sites for hydroxylation is 1. The molecule has 0 bridgehead atoms. The first kappa shape index (κ1) is 13.0. The number of halogens is 1. The van der Waals surface area contributed by atoms with Gasteiger partial charge in [0.1, 0.15) is 0 Å². The molecule has 0 aliphatic carbocycles. The molecule has 4 heteroatoms. The van der Waals surface area contributed by atoms with E-state index < -0.39 is 0 Å². The zero-order chi connectivity index (χ0) is 12.0. The molecule has 0 aliphatic rings. The predicted molar refractivity (Wildman–Crippen MR) is 67.7 cm³/mol. The Bertz CT molecular complexity index is 366. The van der Waals surface area contributed by atoms with Gasteiger partial charge in [-0.05, 0) is 44.0 Å². The molecule has 0 aromatic heterocycles. The lowest BCUT2D eigenvalue weighted by atomic mass is 10.2. The summed E-state index contributed by atoms with van der Waals surface area (Å²) >= 11 is 6.00. The first-order valence-electron chi connectivity index (χ1n) is 5.39. The maximum absolute atomic E-state index is 11.5. The summed E-state index contributed by atoms with van der Waals surface area (Å²) in [5.74, 6) is -0.0146. The molecule has 0 spiro atoms. The van der Waals surface area contributed by atoms with Crippen molar-refractivity contribution in [2.24, 2.45) is 5.73 Å². The number of amides is 1. The largest absolute Gasteiger partial charge is 0.330 e. The highest BCUT2D eigenvalue weighted by Gasteiger charge is 2.05. The summed E-state index contributed by atoms with van der Waals surface area (Å²) in [5, 5.41) is 3.36. The topological polar surface area (TPSA) is 55.1 Å². The van der Waals surface area contributed by atoms with Crippen LogP contribution in [-0.2, 0) is 4.79 Å². The Kier molecular flexibility index (Phi) is 5.29. The molecule has 3 N–H and O–H groups in total. The van der Waals surface area contributed by atoms with Crippen LogP contribution >= 0.6 is 11.6 Å². The summed E-state index contributed by atoms with van der Waals surface area (Å²) in [4.78, 5) is 11.5. The van der Waals surface area contributed by atoms with Crippen LogP contribution in [0.5, 0.6) is 0 Å². The van der Waals surface area contributed by atoms with E-state index in [0.717, 1.165) is 18.4 Å². The fourth-order valence-electron chi connectivity index (χ4n) is 1.36. The minimum atomic E-state index is -0.0146. The molecule has 0 aliphatic heterocycles. The van der Waals surface area contributed by atoms with Gasteiger partial charge in [-0.1, -0.05) is 17.7 Å². The molecule has 0 radical (unpaired) electrons. The molecule has 88 valence electrons. The van der Waals surface area contributed by atoms with Crippen LogP contribution in [0.4, 0.5) is 5.69 Å². The number of anilines is 1. The Hall–Kier alpha value is -1.06. The molecular weight excluding hydrogens is 224 g/mol. The number of rotatable bonds is 5. The fourth-order valence-corrected chi connectivity index (χ4v) is 1.65. The molecule has 0 heterocycles. The number of carbonyl (C=O) groups is 1. The first-order chi connectivity index (χ1) is 7.63. The molecule has 1 aromatic carbocycles. The third-order valence-electron chi connectivity index (χ3n) is 2.26. The number of nitrogens with two attached hydrogens (primary N) is 1. The summed E-state index contributed by atoms with van der Waals surface area (Å²) in [6.07, 6.45) is 2.17. The van der Waals surface area contributed by atoms with Crippen LogP contribution in [0.3, 0.4) is 0 Å². The lowest BCUT2D eigenvalue weighted by Crippen LogP contribution is -2.12. The molecule has 0 fully saturated rings. The van der Waals surface area contributed by atoms with Crippen molar-refractivity contribution in [3.63, 3.8) is 0 Å². The van der Waals surface area contributed by atoms with Gasteiger partial charge in [-0.2, -0.15) is 0 Å². The van der Waals surface area contributed by atoms with E-state index in [9.17, 15) is 4.79 Å². The van der Waals surface area contributed by atoms with Crippen LogP contribution < -0.4 is 11.1 Å². The van der Waals surface area contributed by atoms with E-state index in [2.05, 4.69) is 5.32 Å². The van der Waals surface area contributed by atoms with Gasteiger partial charge in [0.05, 0.1) is 10.7 Å². The minimum absolute atomic E-state index is 0.0146. The second-order valence-electron chi connectivity index (χ2n) is 3.78. The molecule has 1 aromatic rings. The SMILES string of the molecule is Cc1ccc(NC(=O)CCCCN)c(Cl)c1. The minimum Gasteiger partial charge on any atom is -0.330 e. The van der Waals surface area contributed by atoms with Crippen molar-refractivity contribution >= 4 is 23.2 Å². The van der Waals surface area contributed by atoms with Gasteiger partial charge in [0.15, 0.2) is 0 Å². The van der Waals surface area contributed by atoms with Gasteiger partial charge >= 0.3 is 0 Å². The highest BCUT2D eigenvalue weighted by atomic mass is 35.5. The van der Waals surface area contributed by atoms with E-state index >= 15 is 0 Å². The van der Waals surface area contributed by atoms with Crippen molar-refractivity contribution in [3.8, 4) is 0 Å². The quantitative estimate of drug-likeness (QED) is 0.778. The van der Waals surface area contributed by atoms with Crippen LogP contribution in [0, 0.1) is 6.92 Å². The van der Waals surface area contributed by atoms with Gasteiger partial charge in [-0.3, -0.25) is 4.79 Å². The van der Waals surface area contributed by atoms with Gasteiger partial charge in [0, 0.05) is 6.42 Å². The molecule has 0 unspecified atom stereocenters. The van der Waals surface area contributed by atoms with E-state index in [1.54, 1.807) is 0 Å². The van der Waals surface area contributed by atoms with Crippen LogP contribution in [0.25, 0.3) is 0 Å². The molecule has 0 saturated carbocycles. The summed E-state index contributed by atoms with van der Waals surface area (Å²) in [5.41, 5.74) is 7.10. The molecule has 3 nitrogen and oxygen atoms in total. The zero-order valence-electron chi connectivity index (χ0n) is 9.42. The summed E-state index contributed by atoms with van der Waals surface area (Å²) in [6.45, 7) is 2.58. The number of carbonyl (C=O) groups excluding carboxylic acids is 1. The van der Waals surface area contributed by atoms with Gasteiger partial charge in [0.2, 0.25) is 5.91 Å². The number of unbranched alkanes of at least 4 members (excludes halogenated alkanes) is 1. The predicted octanol–water partition coefficient (Wildman–Crippen LogP) is 2.72. The second-order valence-corrected chi connectivity index (χ2v) is 4.18. The number of nitrogens with one attached hydrogen (secondary N) is 1. The van der Waals surface area contributed by atoms with Crippen LogP contribution in [-0.4, -0.2) is 12.5 Å². The highest BCUT2D eigenvalue weighted by Crippen LogP contribution is 2.22. The standard InChI is InChI=1S/C12H17ClN2O/c1-9-5-6-11(10(13)8-9)15-12(16)4-2-3-7-14/h5-6,8H,2-4,7,14H2,1H3,(H,15,16). The average Bonchev–Trinajstić information content (AvgIpc) is 2.23. The van der Waals surface area contributed by atoms with Gasteiger partial charge in [0.25, 0.3) is 0 Å².